The zero-order chi connectivity index (χ0) is 13.2. The average Bonchev–Trinajstić information content (AvgIpc) is 2.88. The lowest BCUT2D eigenvalue weighted by molar-refractivity contribution is 0.386. The fraction of sp³-hybridized carbons (Fsp3) is 0.750. The molecule has 0 spiro atoms. The van der Waals surface area contributed by atoms with Crippen molar-refractivity contribution in [1.82, 2.24) is 20.1 Å². The summed E-state index contributed by atoms with van der Waals surface area (Å²) in [7, 11) is 1.95. The number of aromatic nitrogens is 3. The van der Waals surface area contributed by atoms with Crippen LogP contribution in [0.1, 0.15) is 33.1 Å². The summed E-state index contributed by atoms with van der Waals surface area (Å²) in [5, 5.41) is 22.2. The van der Waals surface area contributed by atoms with Gasteiger partial charge in [-0.1, -0.05) is 11.8 Å². The Morgan fingerprint density at radius 3 is 3.00 bits per heavy atom. The first-order chi connectivity index (χ1) is 8.54. The van der Waals surface area contributed by atoms with Crippen LogP contribution in [-0.4, -0.2) is 31.6 Å². The second-order valence-electron chi connectivity index (χ2n) is 5.20. The van der Waals surface area contributed by atoms with Crippen molar-refractivity contribution in [2.24, 2.45) is 7.05 Å². The largest absolute Gasteiger partial charge is 0.312 e. The molecular weight excluding hydrogens is 246 g/mol. The van der Waals surface area contributed by atoms with Gasteiger partial charge in [0.05, 0.1) is 6.07 Å². The highest BCUT2D eigenvalue weighted by Gasteiger charge is 2.40. The van der Waals surface area contributed by atoms with Crippen LogP contribution in [0.2, 0.25) is 0 Å². The molecule has 1 heterocycles. The highest BCUT2D eigenvalue weighted by molar-refractivity contribution is 7.99. The Hall–Kier alpha value is -1.06. The molecule has 0 bridgehead atoms. The van der Waals surface area contributed by atoms with Gasteiger partial charge in [-0.2, -0.15) is 5.26 Å². The Morgan fingerprint density at radius 1 is 1.67 bits per heavy atom. The third-order valence-corrected chi connectivity index (χ3v) is 4.51. The molecule has 98 valence electrons. The fourth-order valence-corrected chi connectivity index (χ4v) is 3.66. The zero-order valence-electron chi connectivity index (χ0n) is 11.1. The maximum absolute atomic E-state index is 9.41. The SMILES string of the molecule is CC(C)NC1(C#N)CCC(Sc2nncn2C)C1. The van der Waals surface area contributed by atoms with Gasteiger partial charge >= 0.3 is 0 Å². The molecule has 1 N–H and O–H groups in total. The van der Waals surface area contributed by atoms with E-state index in [1.807, 2.05) is 11.6 Å². The maximum atomic E-state index is 9.41. The second-order valence-corrected chi connectivity index (χ2v) is 6.47. The van der Waals surface area contributed by atoms with Crippen LogP contribution in [0.4, 0.5) is 0 Å². The van der Waals surface area contributed by atoms with Crippen molar-refractivity contribution in [3.05, 3.63) is 6.33 Å². The summed E-state index contributed by atoms with van der Waals surface area (Å²) in [6.45, 7) is 4.17. The Balaban J connectivity index is 1.99. The van der Waals surface area contributed by atoms with Crippen molar-refractivity contribution in [3.63, 3.8) is 0 Å². The summed E-state index contributed by atoms with van der Waals surface area (Å²) in [6.07, 6.45) is 4.54. The highest BCUT2D eigenvalue weighted by atomic mass is 32.2. The standard InChI is InChI=1S/C12H19N5S/c1-9(2)15-12(7-13)5-4-10(6-12)18-11-16-14-8-17(11)3/h8-10,15H,4-6H2,1-3H3. The predicted molar refractivity (Wildman–Crippen MR) is 71.1 cm³/mol. The summed E-state index contributed by atoms with van der Waals surface area (Å²) in [4.78, 5) is 0. The molecule has 1 aromatic rings. The quantitative estimate of drug-likeness (QED) is 0.898. The third-order valence-electron chi connectivity index (χ3n) is 3.19. The van der Waals surface area contributed by atoms with Gasteiger partial charge in [0.1, 0.15) is 11.9 Å². The van der Waals surface area contributed by atoms with Crippen molar-refractivity contribution in [3.8, 4) is 6.07 Å². The molecule has 1 aliphatic carbocycles. The maximum Gasteiger partial charge on any atom is 0.191 e. The van der Waals surface area contributed by atoms with Gasteiger partial charge in [0.25, 0.3) is 0 Å². The van der Waals surface area contributed by atoms with Crippen molar-refractivity contribution in [1.29, 1.82) is 5.26 Å². The number of nitrogens with zero attached hydrogens (tertiary/aromatic N) is 4. The molecule has 18 heavy (non-hydrogen) atoms. The normalized spacial score (nSPS) is 27.6. The first-order valence-electron chi connectivity index (χ1n) is 6.24. The molecule has 1 fully saturated rings. The van der Waals surface area contributed by atoms with E-state index >= 15 is 0 Å². The van der Waals surface area contributed by atoms with E-state index in [1.54, 1.807) is 18.1 Å². The minimum absolute atomic E-state index is 0.336. The highest BCUT2D eigenvalue weighted by Crippen LogP contribution is 2.39. The lowest BCUT2D eigenvalue weighted by atomic mass is 9.99. The van der Waals surface area contributed by atoms with Crippen LogP contribution in [0.3, 0.4) is 0 Å². The van der Waals surface area contributed by atoms with Gasteiger partial charge in [-0.05, 0) is 33.1 Å². The van der Waals surface area contributed by atoms with E-state index in [1.165, 1.54) is 0 Å². The Bertz CT molecular complexity index is 450. The minimum Gasteiger partial charge on any atom is -0.312 e. The molecule has 0 aliphatic heterocycles. The molecule has 5 nitrogen and oxygen atoms in total. The summed E-state index contributed by atoms with van der Waals surface area (Å²) in [5.41, 5.74) is -0.357. The molecule has 0 radical (unpaired) electrons. The molecule has 0 saturated heterocycles. The molecule has 0 aromatic carbocycles. The van der Waals surface area contributed by atoms with Crippen LogP contribution < -0.4 is 5.32 Å². The van der Waals surface area contributed by atoms with Crippen molar-refractivity contribution in [2.45, 2.75) is 55.1 Å². The van der Waals surface area contributed by atoms with Gasteiger partial charge in [0.15, 0.2) is 5.16 Å². The number of thioether (sulfide) groups is 1. The van der Waals surface area contributed by atoms with Crippen LogP contribution >= 0.6 is 11.8 Å². The number of aryl methyl sites for hydroxylation is 1. The van der Waals surface area contributed by atoms with E-state index in [-0.39, 0.29) is 5.54 Å². The van der Waals surface area contributed by atoms with Crippen LogP contribution in [0.5, 0.6) is 0 Å². The summed E-state index contributed by atoms with van der Waals surface area (Å²) in [6, 6.07) is 2.80. The van der Waals surface area contributed by atoms with Gasteiger partial charge in [0.2, 0.25) is 0 Å². The van der Waals surface area contributed by atoms with Crippen LogP contribution in [-0.2, 0) is 7.05 Å². The van der Waals surface area contributed by atoms with E-state index in [0.29, 0.717) is 11.3 Å². The third kappa shape index (κ3) is 2.85. The van der Waals surface area contributed by atoms with Crippen LogP contribution in [0.15, 0.2) is 11.5 Å². The van der Waals surface area contributed by atoms with E-state index in [4.69, 9.17) is 0 Å². The number of nitriles is 1. The summed E-state index contributed by atoms with van der Waals surface area (Å²) in [5.74, 6) is 0. The van der Waals surface area contributed by atoms with E-state index in [2.05, 4.69) is 35.4 Å². The fourth-order valence-electron chi connectivity index (χ4n) is 2.45. The van der Waals surface area contributed by atoms with Gasteiger partial charge in [-0.3, -0.25) is 5.32 Å². The Kier molecular flexibility index (Phi) is 3.93. The van der Waals surface area contributed by atoms with E-state index < -0.39 is 0 Å². The molecule has 1 aliphatic rings. The summed E-state index contributed by atoms with van der Waals surface area (Å²) < 4.78 is 1.92. The molecule has 2 atom stereocenters. The van der Waals surface area contributed by atoms with Crippen molar-refractivity contribution in [2.75, 3.05) is 0 Å². The van der Waals surface area contributed by atoms with Gasteiger partial charge in [-0.15, -0.1) is 10.2 Å². The number of hydrogen-bond donors (Lipinski definition) is 1. The Morgan fingerprint density at radius 2 is 2.44 bits per heavy atom. The Labute approximate surface area is 112 Å². The lowest BCUT2D eigenvalue weighted by Crippen LogP contribution is -2.45. The lowest BCUT2D eigenvalue weighted by Gasteiger charge is -2.25. The minimum atomic E-state index is -0.357. The number of hydrogen-bond acceptors (Lipinski definition) is 5. The molecule has 2 rings (SSSR count). The molecule has 1 aromatic heterocycles. The molecule has 1 saturated carbocycles. The smallest absolute Gasteiger partial charge is 0.191 e. The molecule has 0 amide bonds. The van der Waals surface area contributed by atoms with Crippen LogP contribution in [0.25, 0.3) is 0 Å². The second kappa shape index (κ2) is 5.29. The molecule has 6 heteroatoms. The first-order valence-corrected chi connectivity index (χ1v) is 7.12. The first kappa shape index (κ1) is 13.4. The number of nitrogens with one attached hydrogen (secondary N) is 1. The zero-order valence-corrected chi connectivity index (χ0v) is 11.9. The average molecular weight is 265 g/mol. The predicted octanol–water partition coefficient (Wildman–Crippen LogP) is 1.72. The van der Waals surface area contributed by atoms with Crippen molar-refractivity contribution >= 4 is 11.8 Å². The van der Waals surface area contributed by atoms with Crippen molar-refractivity contribution < 1.29 is 0 Å². The van der Waals surface area contributed by atoms with E-state index in [0.717, 1.165) is 24.4 Å². The van der Waals surface area contributed by atoms with Gasteiger partial charge in [0, 0.05) is 18.3 Å². The van der Waals surface area contributed by atoms with E-state index in [9.17, 15) is 5.26 Å². The molecular formula is C12H19N5S. The van der Waals surface area contributed by atoms with Gasteiger partial charge in [-0.25, -0.2) is 0 Å². The topological polar surface area (TPSA) is 66.5 Å². The number of rotatable bonds is 4. The van der Waals surface area contributed by atoms with Gasteiger partial charge < -0.3 is 4.57 Å². The molecule has 2 unspecified atom stereocenters. The van der Waals surface area contributed by atoms with Crippen LogP contribution in [0, 0.1) is 11.3 Å². The monoisotopic (exact) mass is 265 g/mol. The summed E-state index contributed by atoms with van der Waals surface area (Å²) >= 11 is 1.73.